The van der Waals surface area contributed by atoms with Crippen LogP contribution in [0.3, 0.4) is 0 Å². The van der Waals surface area contributed by atoms with Gasteiger partial charge in [0.1, 0.15) is 0 Å². The van der Waals surface area contributed by atoms with Gasteiger partial charge in [0, 0.05) is 10.5 Å². The van der Waals surface area contributed by atoms with Crippen molar-refractivity contribution in [2.24, 2.45) is 0 Å². The summed E-state index contributed by atoms with van der Waals surface area (Å²) in [5, 5.41) is 0. The van der Waals surface area contributed by atoms with E-state index in [0.29, 0.717) is 6.10 Å². The fourth-order valence-electron chi connectivity index (χ4n) is 1.71. The third-order valence-electron chi connectivity index (χ3n) is 2.49. The normalized spacial score (nSPS) is 28.2. The molecule has 0 N–H and O–H groups in total. The van der Waals surface area contributed by atoms with Crippen molar-refractivity contribution >= 4 is 21.6 Å². The molecule has 0 aliphatic carbocycles. The van der Waals surface area contributed by atoms with E-state index in [1.54, 1.807) is 0 Å². The number of ether oxygens (including phenoxy) is 1. The molecule has 1 fully saturated rings. The second-order valence-electron chi connectivity index (χ2n) is 5.72. The van der Waals surface area contributed by atoms with E-state index in [4.69, 9.17) is 4.74 Å². The Balaban J connectivity index is 2.63. The molecular formula is C12H24OS2. The smallest absolute Gasteiger partial charge is 0.0731 e. The second kappa shape index (κ2) is 5.33. The maximum Gasteiger partial charge on any atom is 0.0731 e. The average Bonchev–Trinajstić information content (AvgIpc) is 2.04. The van der Waals surface area contributed by atoms with E-state index >= 15 is 0 Å². The minimum absolute atomic E-state index is 0.0215. The van der Waals surface area contributed by atoms with E-state index in [1.165, 1.54) is 25.0 Å². The van der Waals surface area contributed by atoms with Crippen LogP contribution in [-0.2, 0) is 4.74 Å². The first kappa shape index (κ1) is 13.7. The van der Waals surface area contributed by atoms with E-state index < -0.39 is 0 Å². The molecule has 0 saturated carbocycles. The van der Waals surface area contributed by atoms with Gasteiger partial charge in [-0.2, -0.15) is 0 Å². The molecule has 1 saturated heterocycles. The molecule has 0 spiro atoms. The summed E-state index contributed by atoms with van der Waals surface area (Å²) in [6.45, 7) is 11.1. The zero-order valence-electron chi connectivity index (χ0n) is 10.6. The second-order valence-corrected chi connectivity index (χ2v) is 8.79. The van der Waals surface area contributed by atoms with Crippen molar-refractivity contribution in [1.82, 2.24) is 0 Å². The summed E-state index contributed by atoms with van der Waals surface area (Å²) in [6, 6.07) is 0. The van der Waals surface area contributed by atoms with Crippen LogP contribution in [0.1, 0.15) is 53.9 Å². The molecule has 1 heterocycles. The molecule has 0 amide bonds. The number of rotatable bonds is 1. The van der Waals surface area contributed by atoms with Crippen LogP contribution >= 0.6 is 21.6 Å². The molecule has 1 rings (SSSR count). The molecule has 1 aliphatic heterocycles. The van der Waals surface area contributed by atoms with Crippen molar-refractivity contribution in [3.8, 4) is 0 Å². The molecule has 15 heavy (non-hydrogen) atoms. The maximum absolute atomic E-state index is 6.20. The number of hydrogen-bond acceptors (Lipinski definition) is 3. The first-order chi connectivity index (χ1) is 6.81. The fourth-order valence-corrected chi connectivity index (χ4v) is 4.53. The molecule has 1 unspecified atom stereocenters. The van der Waals surface area contributed by atoms with E-state index in [2.05, 4.69) is 34.6 Å². The molecule has 1 nitrogen and oxygen atoms in total. The van der Waals surface area contributed by atoms with Gasteiger partial charge in [-0.25, -0.2) is 0 Å². The van der Waals surface area contributed by atoms with Gasteiger partial charge < -0.3 is 4.74 Å². The summed E-state index contributed by atoms with van der Waals surface area (Å²) in [6.07, 6.45) is 4.23. The van der Waals surface area contributed by atoms with Crippen LogP contribution in [0.5, 0.6) is 0 Å². The van der Waals surface area contributed by atoms with E-state index in [-0.39, 0.29) is 10.3 Å². The minimum Gasteiger partial charge on any atom is -0.371 e. The van der Waals surface area contributed by atoms with Crippen LogP contribution in [0.4, 0.5) is 0 Å². The van der Waals surface area contributed by atoms with Crippen molar-refractivity contribution in [2.45, 2.75) is 70.3 Å². The van der Waals surface area contributed by atoms with Crippen molar-refractivity contribution in [3.05, 3.63) is 0 Å². The molecule has 1 atom stereocenters. The SMILES string of the molecule is CC(C)(C)OC1CCCCSSC1(C)C. The van der Waals surface area contributed by atoms with Gasteiger partial charge in [-0.3, -0.25) is 0 Å². The molecule has 0 radical (unpaired) electrons. The van der Waals surface area contributed by atoms with E-state index in [1.807, 2.05) is 21.6 Å². The van der Waals surface area contributed by atoms with Gasteiger partial charge in [0.15, 0.2) is 0 Å². The third-order valence-corrected chi connectivity index (χ3v) is 5.90. The zero-order chi connectivity index (χ0) is 11.5. The Hall–Kier alpha value is 0.660. The van der Waals surface area contributed by atoms with Crippen LogP contribution in [-0.4, -0.2) is 22.2 Å². The highest BCUT2D eigenvalue weighted by Gasteiger charge is 2.34. The topological polar surface area (TPSA) is 9.23 Å². The van der Waals surface area contributed by atoms with Crippen LogP contribution in [0.2, 0.25) is 0 Å². The van der Waals surface area contributed by atoms with Gasteiger partial charge in [-0.05, 0) is 53.9 Å². The molecule has 3 heteroatoms. The molecule has 0 bridgehead atoms. The highest BCUT2D eigenvalue weighted by atomic mass is 33.1. The molecule has 90 valence electrons. The van der Waals surface area contributed by atoms with Gasteiger partial charge in [0.25, 0.3) is 0 Å². The van der Waals surface area contributed by atoms with Crippen LogP contribution in [0.25, 0.3) is 0 Å². The Kier molecular flexibility index (Phi) is 4.87. The lowest BCUT2D eigenvalue weighted by Crippen LogP contribution is -2.40. The molecule has 0 aromatic rings. The van der Waals surface area contributed by atoms with Gasteiger partial charge in [-0.1, -0.05) is 21.6 Å². The van der Waals surface area contributed by atoms with Gasteiger partial charge in [0.2, 0.25) is 0 Å². The van der Waals surface area contributed by atoms with Crippen molar-refractivity contribution in [2.75, 3.05) is 5.75 Å². The molecule has 1 aliphatic rings. The van der Waals surface area contributed by atoms with Gasteiger partial charge in [-0.15, -0.1) is 0 Å². The van der Waals surface area contributed by atoms with E-state index in [9.17, 15) is 0 Å². The summed E-state index contributed by atoms with van der Waals surface area (Å²) in [4.78, 5) is 0. The Morgan fingerprint density at radius 3 is 2.47 bits per heavy atom. The van der Waals surface area contributed by atoms with Crippen molar-refractivity contribution in [3.63, 3.8) is 0 Å². The third kappa shape index (κ3) is 5.01. The lowest BCUT2D eigenvalue weighted by molar-refractivity contribution is -0.0754. The van der Waals surface area contributed by atoms with Crippen LogP contribution in [0, 0.1) is 0 Å². The molecule has 0 aromatic heterocycles. The van der Waals surface area contributed by atoms with E-state index in [0.717, 1.165) is 0 Å². The van der Waals surface area contributed by atoms with Crippen LogP contribution in [0.15, 0.2) is 0 Å². The monoisotopic (exact) mass is 248 g/mol. The van der Waals surface area contributed by atoms with Crippen molar-refractivity contribution in [1.29, 1.82) is 0 Å². The standard InChI is InChI=1S/C12H24OS2/c1-11(2,3)13-10-8-6-7-9-14-15-12(10,4)5/h10H,6-9H2,1-5H3. The lowest BCUT2D eigenvalue weighted by atomic mass is 9.99. The summed E-state index contributed by atoms with van der Waals surface area (Å²) in [5.41, 5.74) is -0.0215. The largest absolute Gasteiger partial charge is 0.371 e. The maximum atomic E-state index is 6.20. The summed E-state index contributed by atoms with van der Waals surface area (Å²) in [5.74, 6) is 1.29. The Morgan fingerprint density at radius 1 is 1.20 bits per heavy atom. The minimum atomic E-state index is -0.0215. The Labute approximate surface area is 103 Å². The fraction of sp³-hybridized carbons (Fsp3) is 1.00. The first-order valence-corrected chi connectivity index (χ1v) is 8.12. The van der Waals surface area contributed by atoms with Gasteiger partial charge in [0.05, 0.1) is 11.7 Å². The first-order valence-electron chi connectivity index (χ1n) is 5.80. The van der Waals surface area contributed by atoms with Gasteiger partial charge >= 0.3 is 0 Å². The highest BCUT2D eigenvalue weighted by Crippen LogP contribution is 2.43. The lowest BCUT2D eigenvalue weighted by Gasteiger charge is -2.39. The Bertz CT molecular complexity index is 196. The summed E-state index contributed by atoms with van der Waals surface area (Å²) >= 11 is 0. The average molecular weight is 248 g/mol. The summed E-state index contributed by atoms with van der Waals surface area (Å²) < 4.78 is 6.43. The zero-order valence-corrected chi connectivity index (χ0v) is 12.3. The quantitative estimate of drug-likeness (QED) is 0.632. The summed E-state index contributed by atoms with van der Waals surface area (Å²) in [7, 11) is 4.00. The molecule has 0 aromatic carbocycles. The van der Waals surface area contributed by atoms with Crippen molar-refractivity contribution < 1.29 is 4.74 Å². The Morgan fingerprint density at radius 2 is 1.87 bits per heavy atom. The molecular weight excluding hydrogens is 224 g/mol. The highest BCUT2D eigenvalue weighted by molar-refractivity contribution is 8.77. The number of hydrogen-bond donors (Lipinski definition) is 0. The predicted octanol–water partition coefficient (Wildman–Crippen LogP) is 4.51. The van der Waals surface area contributed by atoms with Crippen LogP contribution < -0.4 is 0 Å². The predicted molar refractivity (Wildman–Crippen MR) is 72.6 cm³/mol.